The highest BCUT2D eigenvalue weighted by Crippen LogP contribution is 2.34. The Bertz CT molecular complexity index is 1410. The summed E-state index contributed by atoms with van der Waals surface area (Å²) in [6.45, 7) is 11.3. The molecule has 2 N–H and O–H groups in total. The largest absolute Gasteiger partial charge is 0.490 e. The van der Waals surface area contributed by atoms with Crippen LogP contribution >= 0.6 is 0 Å². The van der Waals surface area contributed by atoms with Crippen LogP contribution in [-0.2, 0) is 18.4 Å². The number of carbonyl (C=O) groups is 1. The summed E-state index contributed by atoms with van der Waals surface area (Å²) in [5.41, 5.74) is 6.36. The topological polar surface area (TPSA) is 120 Å². The second-order valence-corrected chi connectivity index (χ2v) is 8.71. The number of hydrogen-bond acceptors (Lipinski definition) is 7. The van der Waals surface area contributed by atoms with Gasteiger partial charge in [0.2, 0.25) is 5.88 Å². The van der Waals surface area contributed by atoms with Gasteiger partial charge in [0.1, 0.15) is 16.9 Å². The third-order valence-corrected chi connectivity index (χ3v) is 5.50. The maximum absolute atomic E-state index is 10.6. The van der Waals surface area contributed by atoms with Gasteiger partial charge in [0.05, 0.1) is 41.5 Å². The van der Waals surface area contributed by atoms with E-state index in [-0.39, 0.29) is 6.04 Å². The van der Waals surface area contributed by atoms with Crippen molar-refractivity contribution in [1.82, 2.24) is 29.3 Å². The molecule has 4 heterocycles. The zero-order valence-corrected chi connectivity index (χ0v) is 22.0. The SMILES string of the molecule is CCOc1ncccc1-c1cc(NCc2cn(C)c(C)n2)c2c(n1)c(C)nn2C(C)C.O=C(O)C(F)(F)F. The van der Waals surface area contributed by atoms with Crippen LogP contribution in [-0.4, -0.2) is 53.2 Å². The van der Waals surface area contributed by atoms with E-state index in [0.717, 1.165) is 45.2 Å². The molecule has 13 heteroatoms. The van der Waals surface area contributed by atoms with Gasteiger partial charge in [0, 0.05) is 25.5 Å². The van der Waals surface area contributed by atoms with Crippen LogP contribution < -0.4 is 10.1 Å². The number of aromatic nitrogens is 6. The fourth-order valence-corrected chi connectivity index (χ4v) is 3.67. The van der Waals surface area contributed by atoms with E-state index in [1.54, 1.807) is 6.20 Å². The molecule has 4 aromatic heterocycles. The van der Waals surface area contributed by atoms with E-state index >= 15 is 0 Å². The van der Waals surface area contributed by atoms with E-state index in [4.69, 9.17) is 24.7 Å². The van der Waals surface area contributed by atoms with Gasteiger partial charge in [0.15, 0.2) is 0 Å². The summed E-state index contributed by atoms with van der Waals surface area (Å²) in [6, 6.07) is 6.15. The highest BCUT2D eigenvalue weighted by atomic mass is 19.4. The first-order valence-corrected chi connectivity index (χ1v) is 11.8. The second kappa shape index (κ2) is 11.5. The molecule has 204 valence electrons. The average molecular weight is 534 g/mol. The van der Waals surface area contributed by atoms with Crippen LogP contribution in [0.3, 0.4) is 0 Å². The molecule has 0 amide bonds. The smallest absolute Gasteiger partial charge is 0.477 e. The molecule has 0 aliphatic heterocycles. The molecule has 4 rings (SSSR count). The lowest BCUT2D eigenvalue weighted by Gasteiger charge is -2.14. The highest BCUT2D eigenvalue weighted by Gasteiger charge is 2.38. The summed E-state index contributed by atoms with van der Waals surface area (Å²) in [4.78, 5) is 22.9. The molecule has 4 aromatic rings. The standard InChI is InChI=1S/C23H29N7O.C2HF3O2/c1-7-31-23-18(9-8-10-24-23)19-11-20(25-12-17-13-29(6)16(5)26-17)22-21(27-19)15(4)28-30(22)14(2)3;3-2(4,5)1(6)7/h8-11,13-14H,7,12H2,1-6H3,(H,25,27);(H,6,7). The third kappa shape index (κ3) is 6.39. The van der Waals surface area contributed by atoms with Crippen LogP contribution in [0.4, 0.5) is 18.9 Å². The molecule has 0 fully saturated rings. The molecular formula is C25H30F3N7O3. The van der Waals surface area contributed by atoms with Gasteiger partial charge in [-0.15, -0.1) is 0 Å². The van der Waals surface area contributed by atoms with Crippen molar-refractivity contribution in [3.63, 3.8) is 0 Å². The minimum atomic E-state index is -5.08. The molecule has 0 radical (unpaired) electrons. The number of aliphatic carboxylic acids is 1. The fraction of sp³-hybridized carbons (Fsp3) is 0.400. The number of nitrogens with one attached hydrogen (secondary N) is 1. The van der Waals surface area contributed by atoms with Crippen LogP contribution in [0.1, 0.15) is 44.0 Å². The predicted molar refractivity (Wildman–Crippen MR) is 136 cm³/mol. The van der Waals surface area contributed by atoms with Crippen LogP contribution in [0.25, 0.3) is 22.3 Å². The molecule has 0 aliphatic carbocycles. The van der Waals surface area contributed by atoms with E-state index < -0.39 is 12.1 Å². The zero-order chi connectivity index (χ0) is 28.2. The minimum Gasteiger partial charge on any atom is -0.477 e. The molecular weight excluding hydrogens is 503 g/mol. The Morgan fingerprint density at radius 2 is 1.92 bits per heavy atom. The van der Waals surface area contributed by atoms with Crippen LogP contribution in [0.5, 0.6) is 5.88 Å². The molecule has 0 aliphatic rings. The molecule has 0 unspecified atom stereocenters. The Labute approximate surface area is 217 Å². The fourth-order valence-electron chi connectivity index (χ4n) is 3.67. The number of nitrogens with zero attached hydrogens (tertiary/aromatic N) is 6. The normalized spacial score (nSPS) is 11.4. The van der Waals surface area contributed by atoms with Crippen molar-refractivity contribution in [2.75, 3.05) is 11.9 Å². The molecule has 0 atom stereocenters. The average Bonchev–Trinajstić information content (AvgIpc) is 3.36. The van der Waals surface area contributed by atoms with Crippen molar-refractivity contribution in [2.24, 2.45) is 7.05 Å². The van der Waals surface area contributed by atoms with Gasteiger partial charge >= 0.3 is 12.1 Å². The lowest BCUT2D eigenvalue weighted by molar-refractivity contribution is -0.192. The molecule has 0 bridgehead atoms. The second-order valence-electron chi connectivity index (χ2n) is 8.71. The first kappa shape index (κ1) is 28.4. The Hall–Kier alpha value is -4.16. The molecule has 0 aromatic carbocycles. The Balaban J connectivity index is 0.000000505. The Kier molecular flexibility index (Phi) is 8.59. The highest BCUT2D eigenvalue weighted by molar-refractivity contribution is 5.93. The Morgan fingerprint density at radius 3 is 2.47 bits per heavy atom. The lowest BCUT2D eigenvalue weighted by Crippen LogP contribution is -2.21. The number of anilines is 1. The maximum Gasteiger partial charge on any atom is 0.490 e. The number of carboxylic acids is 1. The summed E-state index contributed by atoms with van der Waals surface area (Å²) in [5.74, 6) is -1.19. The zero-order valence-electron chi connectivity index (χ0n) is 22.0. The van der Waals surface area contributed by atoms with Crippen molar-refractivity contribution < 1.29 is 27.8 Å². The number of ether oxygens (including phenoxy) is 1. The van der Waals surface area contributed by atoms with Crippen molar-refractivity contribution >= 4 is 22.7 Å². The summed E-state index contributed by atoms with van der Waals surface area (Å²) in [5, 5.41) is 15.5. The number of carboxylic acid groups (broad SMARTS) is 1. The molecule has 38 heavy (non-hydrogen) atoms. The van der Waals surface area contributed by atoms with E-state index in [0.29, 0.717) is 19.0 Å². The van der Waals surface area contributed by atoms with Gasteiger partial charge in [-0.3, -0.25) is 4.68 Å². The number of hydrogen-bond donors (Lipinski definition) is 2. The number of alkyl halides is 3. The Morgan fingerprint density at radius 1 is 1.24 bits per heavy atom. The predicted octanol–water partition coefficient (Wildman–Crippen LogP) is 5.07. The molecule has 0 spiro atoms. The van der Waals surface area contributed by atoms with E-state index in [1.807, 2.05) is 55.4 Å². The van der Waals surface area contributed by atoms with Crippen molar-refractivity contribution in [1.29, 1.82) is 0 Å². The first-order valence-electron chi connectivity index (χ1n) is 11.8. The first-order chi connectivity index (χ1) is 17.8. The van der Waals surface area contributed by atoms with Crippen LogP contribution in [0.2, 0.25) is 0 Å². The van der Waals surface area contributed by atoms with Crippen LogP contribution in [0.15, 0.2) is 30.6 Å². The van der Waals surface area contributed by atoms with E-state index in [9.17, 15) is 13.2 Å². The van der Waals surface area contributed by atoms with Gasteiger partial charge in [-0.2, -0.15) is 18.3 Å². The van der Waals surface area contributed by atoms with Gasteiger partial charge in [-0.05, 0) is 52.8 Å². The maximum atomic E-state index is 10.6. The molecule has 10 nitrogen and oxygen atoms in total. The third-order valence-electron chi connectivity index (χ3n) is 5.50. The van der Waals surface area contributed by atoms with Gasteiger partial charge in [-0.1, -0.05) is 0 Å². The number of halogens is 3. The monoisotopic (exact) mass is 533 g/mol. The summed E-state index contributed by atoms with van der Waals surface area (Å²) in [7, 11) is 2.00. The van der Waals surface area contributed by atoms with E-state index in [1.165, 1.54) is 0 Å². The van der Waals surface area contributed by atoms with Crippen molar-refractivity contribution in [2.45, 2.75) is 53.4 Å². The number of fused-ring (bicyclic) bond motifs is 1. The number of pyridine rings is 2. The van der Waals surface area contributed by atoms with Gasteiger partial charge < -0.3 is 19.7 Å². The number of imidazole rings is 1. The van der Waals surface area contributed by atoms with E-state index in [2.05, 4.69) is 35.2 Å². The number of aryl methyl sites for hydroxylation is 3. The van der Waals surface area contributed by atoms with Gasteiger partial charge in [0.25, 0.3) is 0 Å². The lowest BCUT2D eigenvalue weighted by atomic mass is 10.1. The van der Waals surface area contributed by atoms with Gasteiger partial charge in [-0.25, -0.2) is 19.7 Å². The minimum absolute atomic E-state index is 0.207. The molecule has 0 saturated carbocycles. The van der Waals surface area contributed by atoms with Crippen LogP contribution in [0, 0.1) is 13.8 Å². The van der Waals surface area contributed by atoms with Crippen molar-refractivity contribution in [3.8, 4) is 17.1 Å². The summed E-state index contributed by atoms with van der Waals surface area (Å²) >= 11 is 0. The summed E-state index contributed by atoms with van der Waals surface area (Å²) in [6.07, 6.45) is -1.31. The molecule has 0 saturated heterocycles. The quantitative estimate of drug-likeness (QED) is 0.338. The number of rotatable bonds is 7. The van der Waals surface area contributed by atoms with Crippen molar-refractivity contribution in [3.05, 3.63) is 47.8 Å². The summed E-state index contributed by atoms with van der Waals surface area (Å²) < 4.78 is 41.5.